The zero-order valence-electron chi connectivity index (χ0n) is 21.5. The van der Waals surface area contributed by atoms with Gasteiger partial charge in [-0.05, 0) is 63.1 Å². The molecular formula is C29H29N5O3. The Kier molecular flexibility index (Phi) is 6.03. The summed E-state index contributed by atoms with van der Waals surface area (Å²) >= 11 is 0. The number of nitrogens with one attached hydrogen (secondary N) is 1. The molecule has 0 fully saturated rings. The van der Waals surface area contributed by atoms with Crippen molar-refractivity contribution in [2.45, 2.75) is 39.3 Å². The van der Waals surface area contributed by atoms with Crippen molar-refractivity contribution in [3.63, 3.8) is 0 Å². The normalized spacial score (nSPS) is 12.6. The van der Waals surface area contributed by atoms with Crippen molar-refractivity contribution in [1.82, 2.24) is 24.7 Å². The monoisotopic (exact) mass is 495 g/mol. The molecule has 1 N–H and O–H groups in total. The molecule has 8 nitrogen and oxygen atoms in total. The number of hydrogen-bond acceptors (Lipinski definition) is 5. The molecule has 0 saturated heterocycles. The molecule has 3 aromatic carbocycles. The van der Waals surface area contributed by atoms with Crippen molar-refractivity contribution in [2.75, 3.05) is 7.11 Å². The van der Waals surface area contributed by atoms with Crippen LogP contribution in [-0.4, -0.2) is 38.0 Å². The molecule has 0 spiro atoms. The molecule has 0 aliphatic rings. The Hall–Kier alpha value is -4.46. The molecule has 8 heteroatoms. The number of rotatable bonds is 5. The molecule has 2 aromatic heterocycles. The topological polar surface area (TPSA) is 90.5 Å². The first-order chi connectivity index (χ1) is 17.7. The third kappa shape index (κ3) is 4.46. The molecule has 0 aliphatic heterocycles. The van der Waals surface area contributed by atoms with Crippen LogP contribution < -0.4 is 15.6 Å². The van der Waals surface area contributed by atoms with Gasteiger partial charge in [0.2, 0.25) is 5.91 Å². The molecule has 1 amide bonds. The summed E-state index contributed by atoms with van der Waals surface area (Å²) in [6, 6.07) is 21.5. The number of aromatic nitrogens is 4. The Morgan fingerprint density at radius 3 is 2.32 bits per heavy atom. The van der Waals surface area contributed by atoms with Crippen LogP contribution in [0.15, 0.2) is 77.6 Å². The van der Waals surface area contributed by atoms with Crippen molar-refractivity contribution >= 4 is 22.5 Å². The van der Waals surface area contributed by atoms with Crippen molar-refractivity contribution in [3.8, 4) is 17.0 Å². The van der Waals surface area contributed by atoms with E-state index in [1.807, 2.05) is 88.4 Å². The van der Waals surface area contributed by atoms with Gasteiger partial charge in [-0.3, -0.25) is 14.2 Å². The summed E-state index contributed by atoms with van der Waals surface area (Å²) in [5.41, 5.74) is 3.61. The highest BCUT2D eigenvalue weighted by Crippen LogP contribution is 2.29. The first-order valence-corrected chi connectivity index (χ1v) is 12.1. The SMILES string of the molecule is COc1ccc(C(C(=O)NC(C)(C)C)n2c(=O)c3c(-c4ccccc4)nnn3c3cc(C)ccc32)cc1. The maximum absolute atomic E-state index is 14.3. The van der Waals surface area contributed by atoms with Gasteiger partial charge < -0.3 is 10.1 Å². The predicted octanol–water partition coefficient (Wildman–Crippen LogP) is 4.53. The van der Waals surface area contributed by atoms with E-state index in [1.165, 1.54) is 0 Å². The lowest BCUT2D eigenvalue weighted by Gasteiger charge is -2.27. The van der Waals surface area contributed by atoms with E-state index in [9.17, 15) is 9.59 Å². The van der Waals surface area contributed by atoms with Gasteiger partial charge in [0.15, 0.2) is 5.52 Å². The number of fused-ring (bicyclic) bond motifs is 3. The minimum Gasteiger partial charge on any atom is -0.497 e. The van der Waals surface area contributed by atoms with Crippen molar-refractivity contribution in [1.29, 1.82) is 0 Å². The van der Waals surface area contributed by atoms with Crippen LogP contribution in [0.5, 0.6) is 5.75 Å². The summed E-state index contributed by atoms with van der Waals surface area (Å²) in [7, 11) is 1.59. The van der Waals surface area contributed by atoms with E-state index in [2.05, 4.69) is 15.6 Å². The lowest BCUT2D eigenvalue weighted by atomic mass is 10.0. The summed E-state index contributed by atoms with van der Waals surface area (Å²) in [4.78, 5) is 28.2. The molecule has 2 heterocycles. The van der Waals surface area contributed by atoms with E-state index in [0.29, 0.717) is 33.6 Å². The van der Waals surface area contributed by atoms with Crippen molar-refractivity contribution < 1.29 is 9.53 Å². The maximum Gasteiger partial charge on any atom is 0.280 e. The van der Waals surface area contributed by atoms with Crippen LogP contribution in [0.1, 0.15) is 37.9 Å². The summed E-state index contributed by atoms with van der Waals surface area (Å²) in [6.45, 7) is 7.72. The van der Waals surface area contributed by atoms with Gasteiger partial charge in [-0.1, -0.05) is 53.7 Å². The van der Waals surface area contributed by atoms with E-state index in [4.69, 9.17) is 4.74 Å². The quantitative estimate of drug-likeness (QED) is 0.387. The van der Waals surface area contributed by atoms with Gasteiger partial charge in [-0.25, -0.2) is 4.52 Å². The summed E-state index contributed by atoms with van der Waals surface area (Å²) in [5.74, 6) is 0.369. The second-order valence-electron chi connectivity index (χ2n) is 10.1. The highest BCUT2D eigenvalue weighted by atomic mass is 16.5. The molecule has 0 radical (unpaired) electrons. The van der Waals surface area contributed by atoms with Gasteiger partial charge in [-0.15, -0.1) is 5.10 Å². The third-order valence-corrected chi connectivity index (χ3v) is 6.19. The highest BCUT2D eigenvalue weighted by molar-refractivity contribution is 5.89. The average Bonchev–Trinajstić information content (AvgIpc) is 3.32. The molecule has 1 unspecified atom stereocenters. The molecular weight excluding hydrogens is 466 g/mol. The smallest absolute Gasteiger partial charge is 0.280 e. The van der Waals surface area contributed by atoms with Gasteiger partial charge in [0.05, 0.1) is 18.1 Å². The molecule has 5 rings (SSSR count). The van der Waals surface area contributed by atoms with Gasteiger partial charge in [-0.2, -0.15) is 0 Å². The number of carbonyl (C=O) groups excluding carboxylic acids is 1. The van der Waals surface area contributed by atoms with Crippen molar-refractivity contribution in [3.05, 3.63) is 94.3 Å². The number of nitrogens with zero attached hydrogens (tertiary/aromatic N) is 4. The molecule has 0 aliphatic carbocycles. The zero-order valence-corrected chi connectivity index (χ0v) is 21.5. The number of ether oxygens (including phenoxy) is 1. The number of carbonyl (C=O) groups is 1. The number of methoxy groups -OCH3 is 1. The van der Waals surface area contributed by atoms with E-state index < -0.39 is 11.6 Å². The molecule has 5 aromatic rings. The van der Waals surface area contributed by atoms with E-state index in [0.717, 1.165) is 11.1 Å². The highest BCUT2D eigenvalue weighted by Gasteiger charge is 2.30. The van der Waals surface area contributed by atoms with Crippen LogP contribution in [0, 0.1) is 6.92 Å². The van der Waals surface area contributed by atoms with Crippen LogP contribution in [-0.2, 0) is 4.79 Å². The minimum absolute atomic E-state index is 0.292. The predicted molar refractivity (Wildman–Crippen MR) is 144 cm³/mol. The fourth-order valence-electron chi connectivity index (χ4n) is 4.56. The van der Waals surface area contributed by atoms with Gasteiger partial charge >= 0.3 is 0 Å². The molecule has 37 heavy (non-hydrogen) atoms. The Morgan fingerprint density at radius 1 is 0.973 bits per heavy atom. The van der Waals surface area contributed by atoms with Crippen molar-refractivity contribution in [2.24, 2.45) is 0 Å². The van der Waals surface area contributed by atoms with E-state index in [1.54, 1.807) is 28.3 Å². The number of hydrogen-bond donors (Lipinski definition) is 1. The maximum atomic E-state index is 14.3. The van der Waals surface area contributed by atoms with Gasteiger partial charge in [0.1, 0.15) is 17.5 Å². The Labute approximate surface area is 214 Å². The van der Waals surface area contributed by atoms with Crippen LogP contribution >= 0.6 is 0 Å². The van der Waals surface area contributed by atoms with Crippen LogP contribution in [0.3, 0.4) is 0 Å². The Balaban J connectivity index is 1.87. The number of benzene rings is 3. The summed E-state index contributed by atoms with van der Waals surface area (Å²) in [5, 5.41) is 11.8. The summed E-state index contributed by atoms with van der Waals surface area (Å²) < 4.78 is 8.46. The minimum atomic E-state index is -0.939. The second kappa shape index (κ2) is 9.20. The molecule has 0 bridgehead atoms. The number of aryl methyl sites for hydroxylation is 1. The lowest BCUT2D eigenvalue weighted by molar-refractivity contribution is -0.124. The third-order valence-electron chi connectivity index (χ3n) is 6.19. The fraction of sp³-hybridized carbons (Fsp3) is 0.241. The molecule has 188 valence electrons. The molecule has 0 saturated carbocycles. The van der Waals surface area contributed by atoms with E-state index >= 15 is 0 Å². The Morgan fingerprint density at radius 2 is 1.68 bits per heavy atom. The van der Waals surface area contributed by atoms with E-state index in [-0.39, 0.29) is 11.5 Å². The lowest BCUT2D eigenvalue weighted by Crippen LogP contribution is -2.46. The first-order valence-electron chi connectivity index (χ1n) is 12.1. The first kappa shape index (κ1) is 24.2. The largest absolute Gasteiger partial charge is 0.497 e. The Bertz CT molecular complexity index is 1660. The van der Waals surface area contributed by atoms with Gasteiger partial charge in [0, 0.05) is 11.1 Å². The van der Waals surface area contributed by atoms with Crippen LogP contribution in [0.4, 0.5) is 0 Å². The van der Waals surface area contributed by atoms with Gasteiger partial charge in [0.25, 0.3) is 5.56 Å². The molecule has 1 atom stereocenters. The zero-order chi connectivity index (χ0) is 26.3. The van der Waals surface area contributed by atoms with Crippen LogP contribution in [0.2, 0.25) is 0 Å². The second-order valence-corrected chi connectivity index (χ2v) is 10.1. The van der Waals surface area contributed by atoms with Crippen LogP contribution in [0.25, 0.3) is 27.8 Å². The number of amides is 1. The standard InChI is InChI=1S/C29H29N5O3/c1-18-11-16-22-23(17-18)34-26(24(31-32-34)19-9-7-6-8-10-19)28(36)33(22)25(27(35)30-29(2,3)4)20-12-14-21(37-5)15-13-20/h6-17,25H,1-5H3,(H,30,35). The summed E-state index contributed by atoms with van der Waals surface area (Å²) in [6.07, 6.45) is 0. The fourth-order valence-corrected chi connectivity index (χ4v) is 4.56. The average molecular weight is 496 g/mol.